The van der Waals surface area contributed by atoms with E-state index in [0.29, 0.717) is 12.3 Å². The number of fused-ring (bicyclic) bond motifs is 1. The maximum Gasteiger partial charge on any atom is 0.151 e. The highest BCUT2D eigenvalue weighted by Gasteiger charge is 2.35. The van der Waals surface area contributed by atoms with Crippen LogP contribution in [0.25, 0.3) is 0 Å². The van der Waals surface area contributed by atoms with Crippen molar-refractivity contribution in [3.63, 3.8) is 0 Å². The summed E-state index contributed by atoms with van der Waals surface area (Å²) in [5.74, 6) is 1.88. The molecule has 3 aliphatic rings. The standard InChI is InChI=1S/C13H17N3O2S/c17-19(18)4-3-9(7-19)13-15-11-6-14-5-10(11)12(16-13)8-1-2-8/h8-9,14H,1-7H2. The van der Waals surface area contributed by atoms with Crippen LogP contribution in [0.2, 0.25) is 0 Å². The molecule has 102 valence electrons. The van der Waals surface area contributed by atoms with Gasteiger partial charge in [-0.25, -0.2) is 18.4 Å². The zero-order chi connectivity index (χ0) is 13.0. The predicted octanol–water partition coefficient (Wildman–Crippen LogP) is 0.859. The second-order valence-corrected chi connectivity index (χ2v) is 8.10. The molecular formula is C13H17N3O2S. The average Bonchev–Trinajstić information content (AvgIpc) is 2.99. The maximum atomic E-state index is 11.6. The Morgan fingerprint density at radius 1 is 1.05 bits per heavy atom. The van der Waals surface area contributed by atoms with E-state index in [1.165, 1.54) is 24.1 Å². The molecular weight excluding hydrogens is 262 g/mol. The van der Waals surface area contributed by atoms with Gasteiger partial charge < -0.3 is 5.32 Å². The Kier molecular flexibility index (Phi) is 2.48. The molecule has 1 aromatic heterocycles. The van der Waals surface area contributed by atoms with E-state index in [9.17, 15) is 8.42 Å². The van der Waals surface area contributed by atoms with Crippen LogP contribution in [0.4, 0.5) is 0 Å². The molecule has 1 N–H and O–H groups in total. The first-order valence-corrected chi connectivity index (χ1v) is 8.75. The minimum atomic E-state index is -2.87. The van der Waals surface area contributed by atoms with Gasteiger partial charge in [0.15, 0.2) is 9.84 Å². The zero-order valence-electron chi connectivity index (χ0n) is 10.7. The van der Waals surface area contributed by atoms with Crippen molar-refractivity contribution in [2.45, 2.75) is 44.2 Å². The second kappa shape index (κ2) is 3.99. The first kappa shape index (κ1) is 11.8. The SMILES string of the molecule is O=S1(=O)CCC(c2nc3c(c(C4CC4)n2)CNC3)C1. The van der Waals surface area contributed by atoms with Gasteiger partial charge in [0, 0.05) is 30.5 Å². The number of hydrogen-bond donors (Lipinski definition) is 1. The summed E-state index contributed by atoms with van der Waals surface area (Å²) in [6.45, 7) is 1.66. The molecule has 2 fully saturated rings. The largest absolute Gasteiger partial charge is 0.307 e. The summed E-state index contributed by atoms with van der Waals surface area (Å²) >= 11 is 0. The van der Waals surface area contributed by atoms with Crippen LogP contribution in [-0.2, 0) is 22.9 Å². The van der Waals surface area contributed by atoms with Crippen molar-refractivity contribution in [1.29, 1.82) is 0 Å². The first-order chi connectivity index (χ1) is 9.12. The smallest absolute Gasteiger partial charge is 0.151 e. The van der Waals surface area contributed by atoms with Crippen LogP contribution in [0.15, 0.2) is 0 Å². The number of nitrogens with one attached hydrogen (secondary N) is 1. The van der Waals surface area contributed by atoms with Gasteiger partial charge in [-0.2, -0.15) is 0 Å². The molecule has 1 saturated carbocycles. The van der Waals surface area contributed by atoms with Crippen LogP contribution >= 0.6 is 0 Å². The van der Waals surface area contributed by atoms with E-state index >= 15 is 0 Å². The van der Waals surface area contributed by atoms with E-state index in [4.69, 9.17) is 4.98 Å². The first-order valence-electron chi connectivity index (χ1n) is 6.93. The summed E-state index contributed by atoms with van der Waals surface area (Å²) in [6.07, 6.45) is 3.11. The molecule has 6 heteroatoms. The van der Waals surface area contributed by atoms with Gasteiger partial charge in [-0.15, -0.1) is 0 Å². The lowest BCUT2D eigenvalue weighted by molar-refractivity contribution is 0.601. The number of rotatable bonds is 2. The fourth-order valence-electron chi connectivity index (χ4n) is 3.09. The summed E-state index contributed by atoms with van der Waals surface area (Å²) < 4.78 is 23.2. The molecule has 0 aromatic carbocycles. The Bertz CT molecular complexity index is 638. The average molecular weight is 279 g/mol. The molecule has 1 aromatic rings. The third kappa shape index (κ3) is 2.07. The van der Waals surface area contributed by atoms with Gasteiger partial charge in [0.2, 0.25) is 0 Å². The highest BCUT2D eigenvalue weighted by molar-refractivity contribution is 7.91. The molecule has 2 aliphatic heterocycles. The van der Waals surface area contributed by atoms with E-state index in [-0.39, 0.29) is 17.4 Å². The number of sulfone groups is 1. The van der Waals surface area contributed by atoms with Gasteiger partial charge in [-0.05, 0) is 19.3 Å². The van der Waals surface area contributed by atoms with E-state index in [2.05, 4.69) is 10.3 Å². The van der Waals surface area contributed by atoms with Crippen LogP contribution in [0.3, 0.4) is 0 Å². The van der Waals surface area contributed by atoms with Gasteiger partial charge in [-0.3, -0.25) is 0 Å². The van der Waals surface area contributed by atoms with Gasteiger partial charge in [0.25, 0.3) is 0 Å². The van der Waals surface area contributed by atoms with Crippen LogP contribution < -0.4 is 5.32 Å². The second-order valence-electron chi connectivity index (χ2n) is 5.87. The van der Waals surface area contributed by atoms with Crippen molar-refractivity contribution >= 4 is 9.84 Å². The molecule has 0 radical (unpaired) electrons. The number of aromatic nitrogens is 2. The van der Waals surface area contributed by atoms with Crippen LogP contribution in [0.1, 0.15) is 53.9 Å². The molecule has 1 atom stereocenters. The lowest BCUT2D eigenvalue weighted by atomic mass is 10.1. The van der Waals surface area contributed by atoms with E-state index in [1.807, 2.05) is 0 Å². The van der Waals surface area contributed by atoms with Gasteiger partial charge in [0.05, 0.1) is 22.9 Å². The van der Waals surface area contributed by atoms with Crippen LogP contribution in [-0.4, -0.2) is 29.9 Å². The molecule has 0 spiro atoms. The lowest BCUT2D eigenvalue weighted by Crippen LogP contribution is -2.11. The summed E-state index contributed by atoms with van der Waals surface area (Å²) in [5, 5.41) is 3.32. The van der Waals surface area contributed by atoms with Crippen molar-refractivity contribution in [2.75, 3.05) is 11.5 Å². The molecule has 5 nitrogen and oxygen atoms in total. The number of nitrogens with zero attached hydrogens (tertiary/aromatic N) is 2. The fraction of sp³-hybridized carbons (Fsp3) is 0.692. The highest BCUT2D eigenvalue weighted by Crippen LogP contribution is 2.42. The third-order valence-electron chi connectivity index (χ3n) is 4.30. The molecule has 0 amide bonds. The Hall–Kier alpha value is -1.01. The van der Waals surface area contributed by atoms with E-state index in [1.54, 1.807) is 0 Å². The fourth-order valence-corrected chi connectivity index (χ4v) is 4.83. The van der Waals surface area contributed by atoms with Gasteiger partial charge >= 0.3 is 0 Å². The molecule has 0 bridgehead atoms. The monoisotopic (exact) mass is 279 g/mol. The topological polar surface area (TPSA) is 72.0 Å². The summed E-state index contributed by atoms with van der Waals surface area (Å²) in [7, 11) is -2.87. The molecule has 3 heterocycles. The quantitative estimate of drug-likeness (QED) is 0.869. The Balaban J connectivity index is 1.75. The molecule has 1 aliphatic carbocycles. The number of hydrogen-bond acceptors (Lipinski definition) is 5. The molecule has 4 rings (SSSR count). The summed E-state index contributed by atoms with van der Waals surface area (Å²) in [5.41, 5.74) is 3.55. The van der Waals surface area contributed by atoms with Crippen molar-refractivity contribution < 1.29 is 8.42 Å². The summed E-state index contributed by atoms with van der Waals surface area (Å²) in [4.78, 5) is 9.37. The third-order valence-corrected chi connectivity index (χ3v) is 6.07. The predicted molar refractivity (Wildman–Crippen MR) is 70.6 cm³/mol. The van der Waals surface area contributed by atoms with Crippen molar-refractivity contribution in [3.05, 3.63) is 22.8 Å². The van der Waals surface area contributed by atoms with E-state index < -0.39 is 9.84 Å². The molecule has 1 unspecified atom stereocenters. The van der Waals surface area contributed by atoms with Gasteiger partial charge in [0.1, 0.15) is 5.82 Å². The molecule has 1 saturated heterocycles. The lowest BCUT2D eigenvalue weighted by Gasteiger charge is -2.12. The maximum absolute atomic E-state index is 11.6. The van der Waals surface area contributed by atoms with Crippen LogP contribution in [0, 0.1) is 0 Å². The Morgan fingerprint density at radius 2 is 1.89 bits per heavy atom. The van der Waals surface area contributed by atoms with Crippen molar-refractivity contribution in [1.82, 2.24) is 15.3 Å². The minimum absolute atomic E-state index is 0.00778. The summed E-state index contributed by atoms with van der Waals surface area (Å²) in [6, 6.07) is 0. The van der Waals surface area contributed by atoms with Crippen LogP contribution in [0.5, 0.6) is 0 Å². The Morgan fingerprint density at radius 3 is 2.58 bits per heavy atom. The van der Waals surface area contributed by atoms with E-state index in [0.717, 1.165) is 24.6 Å². The zero-order valence-corrected chi connectivity index (χ0v) is 11.5. The van der Waals surface area contributed by atoms with Crippen molar-refractivity contribution in [2.24, 2.45) is 0 Å². The minimum Gasteiger partial charge on any atom is -0.307 e. The Labute approximate surface area is 112 Å². The van der Waals surface area contributed by atoms with Gasteiger partial charge in [-0.1, -0.05) is 0 Å². The van der Waals surface area contributed by atoms with Crippen molar-refractivity contribution in [3.8, 4) is 0 Å². The molecule has 19 heavy (non-hydrogen) atoms. The normalized spacial score (nSPS) is 28.5. The highest BCUT2D eigenvalue weighted by atomic mass is 32.2.